The molecule has 212 valence electrons. The second-order valence-electron chi connectivity index (χ2n) is 9.53. The monoisotopic (exact) mass is 581 g/mol. The van der Waals surface area contributed by atoms with E-state index in [1.165, 1.54) is 11.0 Å². The third kappa shape index (κ3) is 6.03. The van der Waals surface area contributed by atoms with Crippen LogP contribution in [0.4, 0.5) is 30.4 Å². The number of primary sulfonamides is 1. The number of aromatic nitrogens is 1. The van der Waals surface area contributed by atoms with E-state index in [0.717, 1.165) is 5.56 Å². The van der Waals surface area contributed by atoms with E-state index in [1.54, 1.807) is 66.7 Å². The van der Waals surface area contributed by atoms with Gasteiger partial charge in [-0.05, 0) is 42.2 Å². The number of nitrogens with two attached hydrogens (primary N) is 1. The van der Waals surface area contributed by atoms with Gasteiger partial charge in [-0.15, -0.1) is 0 Å². The lowest BCUT2D eigenvalue weighted by atomic mass is 10.1. The molecule has 12 heteroatoms. The molecule has 0 saturated carbocycles. The Kier molecular flexibility index (Phi) is 7.95. The minimum atomic E-state index is -3.96. The lowest BCUT2D eigenvalue weighted by molar-refractivity contribution is -0.117. The highest BCUT2D eigenvalue weighted by molar-refractivity contribution is 7.89. The van der Waals surface area contributed by atoms with Gasteiger partial charge in [0, 0.05) is 24.3 Å². The number of carbonyl (C=O) groups excluding carboxylic acids is 1. The first-order chi connectivity index (χ1) is 19.6. The number of hydrogen-bond acceptors (Lipinski definition) is 6. The molecule has 8 nitrogen and oxygen atoms in total. The molecule has 1 atom stereocenters. The van der Waals surface area contributed by atoms with Gasteiger partial charge in [0.2, 0.25) is 21.7 Å². The number of nitrogens with zero attached hydrogens (tertiary/aromatic N) is 2. The molecule has 0 unspecified atom stereocenters. The summed E-state index contributed by atoms with van der Waals surface area (Å²) in [5.41, 5.74) is 1.48. The van der Waals surface area contributed by atoms with Crippen molar-refractivity contribution < 1.29 is 26.4 Å². The van der Waals surface area contributed by atoms with Gasteiger partial charge in [0.05, 0.1) is 4.90 Å². The van der Waals surface area contributed by atoms with Gasteiger partial charge < -0.3 is 15.5 Å². The second kappa shape index (κ2) is 11.6. The van der Waals surface area contributed by atoms with Crippen molar-refractivity contribution in [2.75, 3.05) is 22.1 Å². The summed E-state index contributed by atoms with van der Waals surface area (Å²) in [6.07, 6.45) is 0.748. The molecule has 2 heterocycles. The summed E-state index contributed by atoms with van der Waals surface area (Å²) in [6.45, 7) is 0.271. The van der Waals surface area contributed by atoms with Crippen molar-refractivity contribution in [1.29, 1.82) is 0 Å². The SMILES string of the molecule is NS(=O)(=O)c1ccccc1-c1ccc(NC(=O)[C@@H]2CCCN2c2c(F)c(F)nc(NCc3ccccc3)c2F)cc1. The number of benzene rings is 3. The lowest BCUT2D eigenvalue weighted by Crippen LogP contribution is -2.41. The number of amides is 1. The molecule has 4 N–H and O–H groups in total. The maximum atomic E-state index is 15.5. The maximum Gasteiger partial charge on any atom is 0.253 e. The normalized spacial score (nSPS) is 15.1. The minimum absolute atomic E-state index is 0.0374. The Morgan fingerprint density at radius 2 is 1.63 bits per heavy atom. The highest BCUT2D eigenvalue weighted by atomic mass is 32.2. The highest BCUT2D eigenvalue weighted by Crippen LogP contribution is 2.35. The number of halogens is 3. The van der Waals surface area contributed by atoms with Gasteiger partial charge in [-0.25, -0.2) is 17.9 Å². The molecule has 1 aliphatic rings. The molecule has 1 fully saturated rings. The van der Waals surface area contributed by atoms with Crippen LogP contribution in [0.25, 0.3) is 11.1 Å². The van der Waals surface area contributed by atoms with Gasteiger partial charge in [0.15, 0.2) is 11.6 Å². The molecule has 5 rings (SSSR count). The molecule has 0 radical (unpaired) electrons. The molecule has 0 aliphatic carbocycles. The molecular weight excluding hydrogens is 555 g/mol. The zero-order valence-corrected chi connectivity index (χ0v) is 22.5. The number of hydrogen-bond donors (Lipinski definition) is 3. The molecule has 0 spiro atoms. The lowest BCUT2D eigenvalue weighted by Gasteiger charge is -2.27. The van der Waals surface area contributed by atoms with E-state index in [2.05, 4.69) is 15.6 Å². The molecule has 41 heavy (non-hydrogen) atoms. The van der Waals surface area contributed by atoms with Crippen LogP contribution in [0, 0.1) is 17.6 Å². The van der Waals surface area contributed by atoms with E-state index in [-0.39, 0.29) is 18.0 Å². The topological polar surface area (TPSA) is 117 Å². The molecule has 1 saturated heterocycles. The van der Waals surface area contributed by atoms with Gasteiger partial charge in [0.25, 0.3) is 5.95 Å². The third-order valence-corrected chi connectivity index (χ3v) is 7.79. The minimum Gasteiger partial charge on any atom is -0.363 e. The van der Waals surface area contributed by atoms with E-state index < -0.39 is 51.1 Å². The summed E-state index contributed by atoms with van der Waals surface area (Å²) < 4.78 is 68.8. The molecule has 4 aromatic rings. The zero-order chi connectivity index (χ0) is 29.1. The Bertz CT molecular complexity index is 1690. The van der Waals surface area contributed by atoms with Gasteiger partial charge in [-0.3, -0.25) is 4.79 Å². The predicted molar refractivity (Wildman–Crippen MR) is 150 cm³/mol. The fourth-order valence-electron chi connectivity index (χ4n) is 4.87. The first-order valence-electron chi connectivity index (χ1n) is 12.8. The fraction of sp³-hybridized carbons (Fsp3) is 0.172. The first kappa shape index (κ1) is 28.1. The van der Waals surface area contributed by atoms with E-state index in [4.69, 9.17) is 5.14 Å². The summed E-state index contributed by atoms with van der Waals surface area (Å²) in [5, 5.41) is 10.8. The average Bonchev–Trinajstić information content (AvgIpc) is 3.45. The van der Waals surface area contributed by atoms with Crippen molar-refractivity contribution in [2.45, 2.75) is 30.3 Å². The molecule has 0 bridgehead atoms. The number of anilines is 3. The number of pyridine rings is 1. The van der Waals surface area contributed by atoms with E-state index in [0.29, 0.717) is 29.7 Å². The quantitative estimate of drug-likeness (QED) is 0.251. The third-order valence-electron chi connectivity index (χ3n) is 6.82. The van der Waals surface area contributed by atoms with Crippen molar-refractivity contribution >= 4 is 33.1 Å². The van der Waals surface area contributed by atoms with E-state index in [9.17, 15) is 22.0 Å². The van der Waals surface area contributed by atoms with Crippen LogP contribution >= 0.6 is 0 Å². The summed E-state index contributed by atoms with van der Waals surface area (Å²) >= 11 is 0. The Balaban J connectivity index is 1.35. The Hall–Kier alpha value is -4.42. The smallest absolute Gasteiger partial charge is 0.253 e. The van der Waals surface area contributed by atoms with Crippen LogP contribution in [-0.4, -0.2) is 31.9 Å². The summed E-state index contributed by atoms with van der Waals surface area (Å²) in [4.78, 5) is 17.8. The number of carbonyl (C=O) groups is 1. The van der Waals surface area contributed by atoms with Gasteiger partial charge in [0.1, 0.15) is 11.7 Å². The van der Waals surface area contributed by atoms with Crippen molar-refractivity contribution in [1.82, 2.24) is 4.98 Å². The van der Waals surface area contributed by atoms with Gasteiger partial charge in [-0.2, -0.15) is 13.8 Å². The van der Waals surface area contributed by atoms with Crippen molar-refractivity contribution in [2.24, 2.45) is 5.14 Å². The molecule has 3 aromatic carbocycles. The number of sulfonamides is 1. The molecule has 1 aromatic heterocycles. The van der Waals surface area contributed by atoms with Gasteiger partial charge >= 0.3 is 0 Å². The Morgan fingerprint density at radius 1 is 0.951 bits per heavy atom. The first-order valence-corrected chi connectivity index (χ1v) is 14.3. The van der Waals surface area contributed by atoms with Crippen LogP contribution < -0.4 is 20.7 Å². The average molecular weight is 582 g/mol. The molecular formula is C29H26F3N5O3S. The molecule has 1 aliphatic heterocycles. The van der Waals surface area contributed by atoms with Crippen molar-refractivity contribution in [3.63, 3.8) is 0 Å². The standard InChI is InChI=1S/C29H26F3N5O3S/c30-24-26(25(31)28(36-27(24)32)34-17-18-7-2-1-3-8-18)37-16-6-10-22(37)29(38)35-20-14-12-19(13-15-20)21-9-4-5-11-23(21)41(33,39)40/h1-5,7-9,11-15,22H,6,10,16-17H2,(H,34,36)(H,35,38)(H2,33,39,40)/t22-/m0/s1. The summed E-state index contributed by atoms with van der Waals surface area (Å²) in [5.74, 6) is -5.01. The van der Waals surface area contributed by atoms with Crippen LogP contribution in [0.2, 0.25) is 0 Å². The Morgan fingerprint density at radius 3 is 2.34 bits per heavy atom. The highest BCUT2D eigenvalue weighted by Gasteiger charge is 2.36. The van der Waals surface area contributed by atoms with Crippen LogP contribution in [0.5, 0.6) is 0 Å². The predicted octanol–water partition coefficient (Wildman–Crippen LogP) is 5.03. The van der Waals surface area contributed by atoms with E-state index >= 15 is 4.39 Å². The van der Waals surface area contributed by atoms with Gasteiger partial charge in [-0.1, -0.05) is 60.7 Å². The van der Waals surface area contributed by atoms with Crippen LogP contribution in [0.3, 0.4) is 0 Å². The maximum absolute atomic E-state index is 15.5. The van der Waals surface area contributed by atoms with Crippen LogP contribution in [0.1, 0.15) is 18.4 Å². The number of nitrogens with one attached hydrogen (secondary N) is 2. The van der Waals surface area contributed by atoms with Crippen LogP contribution in [0.15, 0.2) is 83.8 Å². The Labute approximate surface area is 235 Å². The van der Waals surface area contributed by atoms with Crippen molar-refractivity contribution in [3.8, 4) is 11.1 Å². The summed E-state index contributed by atoms with van der Waals surface area (Å²) in [6, 6.07) is 20.7. The summed E-state index contributed by atoms with van der Waals surface area (Å²) in [7, 11) is -3.96. The van der Waals surface area contributed by atoms with Crippen molar-refractivity contribution in [3.05, 3.63) is 102 Å². The zero-order valence-electron chi connectivity index (χ0n) is 21.6. The molecule has 1 amide bonds. The largest absolute Gasteiger partial charge is 0.363 e. The van der Waals surface area contributed by atoms with Crippen LogP contribution in [-0.2, 0) is 21.4 Å². The fourth-order valence-corrected chi connectivity index (χ4v) is 5.63. The van der Waals surface area contributed by atoms with E-state index in [1.807, 2.05) is 6.07 Å². The number of rotatable bonds is 8. The second-order valence-corrected chi connectivity index (χ2v) is 11.1.